The third kappa shape index (κ3) is 3.72. The molecule has 0 amide bonds. The lowest BCUT2D eigenvalue weighted by Crippen LogP contribution is -1.95. The molecule has 0 N–H and O–H groups in total. The molecule has 180 valence electrons. The molecule has 0 aliphatic heterocycles. The predicted octanol–water partition coefficient (Wildman–Crippen LogP) is 10.1. The maximum Gasteiger partial charge on any atom is 0.0541 e. The molecule has 0 atom stereocenters. The summed E-state index contributed by atoms with van der Waals surface area (Å²) in [4.78, 5) is 0. The molecule has 1 aromatic heterocycles. The maximum absolute atomic E-state index is 2.39. The number of rotatable bonds is 4. The highest BCUT2D eigenvalue weighted by Gasteiger charge is 2.15. The molecule has 7 rings (SSSR count). The molecule has 1 heterocycles. The van der Waals surface area contributed by atoms with Gasteiger partial charge in [0, 0.05) is 16.5 Å². The SMILES string of the molecule is Cc1cccc(-c2ccccc2-c2ccccc2-c2cccc(-n3c4ccccc4c4ccccc43)c2)c1. The third-order valence-corrected chi connectivity index (χ3v) is 7.47. The second-order valence-electron chi connectivity index (χ2n) is 9.88. The van der Waals surface area contributed by atoms with Crippen molar-refractivity contribution in [1.82, 2.24) is 4.57 Å². The standard InChI is InChI=1S/C37H27N/c1-26-12-10-13-27(24-26)30-16-2-4-18-32(30)33-19-5-3-17-31(33)28-14-11-15-29(25-28)38-36-22-8-6-20-34(36)35-21-7-9-23-37(35)38/h2-25H,1H3. The highest BCUT2D eigenvalue weighted by atomic mass is 15.0. The Kier molecular flexibility index (Phi) is 5.41. The average molecular weight is 486 g/mol. The Hall–Kier alpha value is -4.88. The van der Waals surface area contributed by atoms with Crippen molar-refractivity contribution in [2.24, 2.45) is 0 Å². The minimum atomic E-state index is 1.17. The molecule has 0 bridgehead atoms. The van der Waals surface area contributed by atoms with Gasteiger partial charge >= 0.3 is 0 Å². The molecule has 0 aliphatic carbocycles. The summed E-state index contributed by atoms with van der Waals surface area (Å²) >= 11 is 0. The Balaban J connectivity index is 1.42. The van der Waals surface area contributed by atoms with Crippen LogP contribution >= 0.6 is 0 Å². The maximum atomic E-state index is 2.39. The molecule has 0 spiro atoms. The molecular weight excluding hydrogens is 458 g/mol. The minimum Gasteiger partial charge on any atom is -0.309 e. The first-order valence-electron chi connectivity index (χ1n) is 13.1. The topological polar surface area (TPSA) is 4.93 Å². The van der Waals surface area contributed by atoms with Gasteiger partial charge in [0.25, 0.3) is 0 Å². The Labute approximate surface area is 223 Å². The Morgan fingerprint density at radius 3 is 1.45 bits per heavy atom. The van der Waals surface area contributed by atoms with Crippen molar-refractivity contribution >= 4 is 21.8 Å². The number of aryl methyl sites for hydroxylation is 1. The van der Waals surface area contributed by atoms with Crippen LogP contribution in [-0.4, -0.2) is 4.57 Å². The van der Waals surface area contributed by atoms with E-state index in [1.54, 1.807) is 0 Å². The van der Waals surface area contributed by atoms with Gasteiger partial charge in [-0.25, -0.2) is 0 Å². The molecule has 0 radical (unpaired) electrons. The van der Waals surface area contributed by atoms with E-state index in [-0.39, 0.29) is 0 Å². The second kappa shape index (κ2) is 9.21. The lowest BCUT2D eigenvalue weighted by atomic mass is 9.89. The van der Waals surface area contributed by atoms with Crippen molar-refractivity contribution in [3.63, 3.8) is 0 Å². The van der Waals surface area contributed by atoms with E-state index in [4.69, 9.17) is 0 Å². The zero-order chi connectivity index (χ0) is 25.5. The summed E-state index contributed by atoms with van der Waals surface area (Å²) in [5.74, 6) is 0. The van der Waals surface area contributed by atoms with Gasteiger partial charge in [-0.15, -0.1) is 0 Å². The van der Waals surface area contributed by atoms with Crippen LogP contribution in [0, 0.1) is 6.92 Å². The van der Waals surface area contributed by atoms with Gasteiger partial charge in [-0.1, -0.05) is 127 Å². The summed E-state index contributed by atoms with van der Waals surface area (Å²) in [5, 5.41) is 2.56. The monoisotopic (exact) mass is 485 g/mol. The van der Waals surface area contributed by atoms with Crippen molar-refractivity contribution in [2.75, 3.05) is 0 Å². The van der Waals surface area contributed by atoms with E-state index in [9.17, 15) is 0 Å². The van der Waals surface area contributed by atoms with E-state index in [1.165, 1.54) is 66.4 Å². The van der Waals surface area contributed by atoms with Crippen LogP contribution in [0.15, 0.2) is 146 Å². The van der Waals surface area contributed by atoms with Crippen LogP contribution in [0.2, 0.25) is 0 Å². The largest absolute Gasteiger partial charge is 0.309 e. The van der Waals surface area contributed by atoms with E-state index < -0.39 is 0 Å². The predicted molar refractivity (Wildman–Crippen MR) is 162 cm³/mol. The van der Waals surface area contributed by atoms with Crippen molar-refractivity contribution in [3.8, 4) is 39.1 Å². The lowest BCUT2D eigenvalue weighted by Gasteiger charge is -2.16. The number of aromatic nitrogens is 1. The summed E-state index contributed by atoms with van der Waals surface area (Å²) in [6.45, 7) is 2.15. The molecule has 0 fully saturated rings. The molecule has 7 aromatic rings. The fourth-order valence-corrected chi connectivity index (χ4v) is 5.77. The summed E-state index contributed by atoms with van der Waals surface area (Å²) < 4.78 is 2.39. The average Bonchev–Trinajstić information content (AvgIpc) is 3.32. The number of para-hydroxylation sites is 2. The highest BCUT2D eigenvalue weighted by Crippen LogP contribution is 2.39. The number of hydrogen-bond donors (Lipinski definition) is 0. The highest BCUT2D eigenvalue weighted by molar-refractivity contribution is 6.09. The normalized spacial score (nSPS) is 11.3. The molecule has 0 saturated heterocycles. The van der Waals surface area contributed by atoms with Crippen LogP contribution in [0.3, 0.4) is 0 Å². The van der Waals surface area contributed by atoms with Gasteiger partial charge in [0.2, 0.25) is 0 Å². The van der Waals surface area contributed by atoms with E-state index in [1.807, 2.05) is 0 Å². The van der Waals surface area contributed by atoms with Gasteiger partial charge in [-0.05, 0) is 64.6 Å². The number of fused-ring (bicyclic) bond motifs is 3. The van der Waals surface area contributed by atoms with E-state index >= 15 is 0 Å². The van der Waals surface area contributed by atoms with Gasteiger partial charge in [-0.3, -0.25) is 0 Å². The molecule has 1 nitrogen and oxygen atoms in total. The summed E-state index contributed by atoms with van der Waals surface area (Å²) in [5.41, 5.74) is 12.3. The first-order valence-corrected chi connectivity index (χ1v) is 13.1. The van der Waals surface area contributed by atoms with E-state index in [0.717, 1.165) is 0 Å². The Bertz CT molecular complexity index is 1890. The first kappa shape index (κ1) is 22.3. The quantitative estimate of drug-likeness (QED) is 0.234. The fraction of sp³-hybridized carbons (Fsp3) is 0.0270. The smallest absolute Gasteiger partial charge is 0.0541 e. The van der Waals surface area contributed by atoms with Gasteiger partial charge in [-0.2, -0.15) is 0 Å². The second-order valence-corrected chi connectivity index (χ2v) is 9.88. The number of benzene rings is 6. The fourth-order valence-electron chi connectivity index (χ4n) is 5.77. The zero-order valence-electron chi connectivity index (χ0n) is 21.3. The van der Waals surface area contributed by atoms with E-state index in [0.29, 0.717) is 0 Å². The summed E-state index contributed by atoms with van der Waals surface area (Å²) in [6.07, 6.45) is 0. The molecule has 0 aliphatic rings. The van der Waals surface area contributed by atoms with Crippen LogP contribution < -0.4 is 0 Å². The summed E-state index contributed by atoms with van der Waals surface area (Å²) in [7, 11) is 0. The van der Waals surface area contributed by atoms with Crippen molar-refractivity contribution in [1.29, 1.82) is 0 Å². The molecule has 6 aromatic carbocycles. The molecule has 0 saturated carbocycles. The van der Waals surface area contributed by atoms with Crippen LogP contribution in [0.1, 0.15) is 5.56 Å². The molecule has 38 heavy (non-hydrogen) atoms. The van der Waals surface area contributed by atoms with E-state index in [2.05, 4.69) is 157 Å². The van der Waals surface area contributed by atoms with Crippen LogP contribution in [0.25, 0.3) is 60.9 Å². The van der Waals surface area contributed by atoms with Crippen LogP contribution in [0.5, 0.6) is 0 Å². The summed E-state index contributed by atoms with van der Waals surface area (Å²) in [6, 6.07) is 52.6. The van der Waals surface area contributed by atoms with Crippen LogP contribution in [-0.2, 0) is 0 Å². The first-order chi connectivity index (χ1) is 18.8. The van der Waals surface area contributed by atoms with Crippen molar-refractivity contribution < 1.29 is 0 Å². The minimum absolute atomic E-state index is 1.17. The van der Waals surface area contributed by atoms with Crippen molar-refractivity contribution in [3.05, 3.63) is 151 Å². The zero-order valence-corrected chi connectivity index (χ0v) is 21.3. The van der Waals surface area contributed by atoms with Gasteiger partial charge in [0.15, 0.2) is 0 Å². The Morgan fingerprint density at radius 2 is 0.868 bits per heavy atom. The number of nitrogens with zero attached hydrogens (tertiary/aromatic N) is 1. The van der Waals surface area contributed by atoms with Crippen molar-refractivity contribution in [2.45, 2.75) is 6.92 Å². The van der Waals surface area contributed by atoms with Gasteiger partial charge in [0.05, 0.1) is 11.0 Å². The number of hydrogen-bond acceptors (Lipinski definition) is 0. The molecule has 0 unspecified atom stereocenters. The van der Waals surface area contributed by atoms with Gasteiger partial charge in [0.1, 0.15) is 0 Å². The third-order valence-electron chi connectivity index (χ3n) is 7.47. The van der Waals surface area contributed by atoms with Crippen LogP contribution in [0.4, 0.5) is 0 Å². The van der Waals surface area contributed by atoms with Gasteiger partial charge < -0.3 is 4.57 Å². The lowest BCUT2D eigenvalue weighted by molar-refractivity contribution is 1.18. The Morgan fingerprint density at radius 1 is 0.395 bits per heavy atom. The molecule has 1 heteroatoms. The molecular formula is C37H27N.